The predicted molar refractivity (Wildman–Crippen MR) is 409 cm³/mol. The van der Waals surface area contributed by atoms with Gasteiger partial charge >= 0.3 is 39.5 Å². The number of hydrogen-bond acceptors (Lipinski definition) is 15. The maximum Gasteiger partial charge on any atom is 0.472 e. The van der Waals surface area contributed by atoms with Gasteiger partial charge in [0.1, 0.15) is 19.3 Å². The molecule has 0 aromatic rings. The third-order valence-corrected chi connectivity index (χ3v) is 21.1. The summed E-state index contributed by atoms with van der Waals surface area (Å²) < 4.78 is 68.7. The van der Waals surface area contributed by atoms with E-state index in [9.17, 15) is 43.2 Å². The molecule has 0 bridgehead atoms. The number of aliphatic hydroxyl groups excluding tert-OH is 1. The Morgan fingerprint density at radius 3 is 0.760 bits per heavy atom. The van der Waals surface area contributed by atoms with Gasteiger partial charge in [-0.25, -0.2) is 9.13 Å². The van der Waals surface area contributed by atoms with Crippen LogP contribution in [0, 0.1) is 17.8 Å². The summed E-state index contributed by atoms with van der Waals surface area (Å²) in [5, 5.41) is 10.6. The van der Waals surface area contributed by atoms with Gasteiger partial charge in [0.05, 0.1) is 26.4 Å². The number of carbonyl (C=O) groups excluding carboxylic acids is 4. The van der Waals surface area contributed by atoms with E-state index in [1.165, 1.54) is 225 Å². The summed E-state index contributed by atoms with van der Waals surface area (Å²) >= 11 is 0. The fourth-order valence-corrected chi connectivity index (χ4v) is 14.0. The highest BCUT2D eigenvalue weighted by Gasteiger charge is 2.30. The zero-order valence-corrected chi connectivity index (χ0v) is 67.5. The number of phosphoric acid groups is 2. The Hall–Kier alpha value is -1.94. The molecule has 0 radical (unpaired) electrons. The summed E-state index contributed by atoms with van der Waals surface area (Å²) in [6.45, 7) is 11.9. The molecular weight excluding hydrogens is 1310 g/mol. The van der Waals surface area contributed by atoms with Gasteiger partial charge in [-0.3, -0.25) is 37.3 Å². The van der Waals surface area contributed by atoms with Crippen molar-refractivity contribution in [3.63, 3.8) is 0 Å². The van der Waals surface area contributed by atoms with Crippen molar-refractivity contribution in [2.24, 2.45) is 17.8 Å². The van der Waals surface area contributed by atoms with Crippen LogP contribution in [0.25, 0.3) is 0 Å². The van der Waals surface area contributed by atoms with Gasteiger partial charge in [-0.15, -0.1) is 0 Å². The Balaban J connectivity index is 5.23. The minimum absolute atomic E-state index is 0.106. The molecule has 0 aliphatic rings. The number of hydrogen-bond donors (Lipinski definition) is 3. The number of unbranched alkanes of at least 4 members (excludes halogenated alkanes) is 46. The molecule has 0 saturated heterocycles. The topological polar surface area (TPSA) is 237 Å². The zero-order chi connectivity index (χ0) is 73.7. The van der Waals surface area contributed by atoms with Crippen LogP contribution < -0.4 is 0 Å². The Morgan fingerprint density at radius 2 is 0.510 bits per heavy atom. The SMILES string of the molecule is CCCCCCCCCCCCCCCCCC(=O)OC[C@H](COP(=O)(O)OC[C@@H](O)COP(=O)(O)OC[C@@H](COC(=O)CCCCCCCCCC(C)C)OC(=O)CCCCCCCCCCCCC(C)CC)OC(=O)CCCCCCCCCCCCCCCCCCCCC(C)C. The van der Waals surface area contributed by atoms with Crippen LogP contribution in [0.2, 0.25) is 0 Å². The van der Waals surface area contributed by atoms with Crippen LogP contribution in [0.4, 0.5) is 0 Å². The van der Waals surface area contributed by atoms with Crippen molar-refractivity contribution in [3.8, 4) is 0 Å². The number of ether oxygens (including phenoxy) is 4. The Labute approximate surface area is 613 Å². The largest absolute Gasteiger partial charge is 0.472 e. The minimum atomic E-state index is -4.96. The lowest BCUT2D eigenvalue weighted by Crippen LogP contribution is -2.30. The number of esters is 4. The predicted octanol–water partition coefficient (Wildman–Crippen LogP) is 24.1. The molecule has 0 aliphatic carbocycles. The van der Waals surface area contributed by atoms with Crippen LogP contribution in [0.15, 0.2) is 0 Å². The van der Waals surface area contributed by atoms with Crippen molar-refractivity contribution in [2.75, 3.05) is 39.6 Å². The molecule has 6 atom stereocenters. The molecule has 0 fully saturated rings. The first-order chi connectivity index (χ1) is 48.3. The maximum absolute atomic E-state index is 13.1. The summed E-state index contributed by atoms with van der Waals surface area (Å²) in [6, 6.07) is 0. The van der Waals surface area contributed by atoms with Gasteiger partial charge in [-0.1, -0.05) is 370 Å². The highest BCUT2D eigenvalue weighted by molar-refractivity contribution is 7.47. The fourth-order valence-electron chi connectivity index (χ4n) is 12.5. The van der Waals surface area contributed by atoms with Gasteiger partial charge in [-0.05, 0) is 43.4 Å². The fraction of sp³-hybridized carbons (Fsp3) is 0.951. The van der Waals surface area contributed by atoms with Gasteiger partial charge in [0.2, 0.25) is 0 Å². The molecule has 0 aromatic heterocycles. The lowest BCUT2D eigenvalue weighted by atomic mass is 9.99. The summed E-state index contributed by atoms with van der Waals surface area (Å²) in [5.74, 6) is 0.217. The molecule has 19 heteroatoms. The molecule has 594 valence electrons. The maximum atomic E-state index is 13.1. The van der Waals surface area contributed by atoms with E-state index in [2.05, 4.69) is 48.5 Å². The van der Waals surface area contributed by atoms with Crippen molar-refractivity contribution >= 4 is 39.5 Å². The molecule has 0 amide bonds. The zero-order valence-electron chi connectivity index (χ0n) is 65.7. The summed E-state index contributed by atoms with van der Waals surface area (Å²) in [6.07, 6.45) is 59.7. The first kappa shape index (κ1) is 98.1. The normalized spacial score (nSPS) is 14.2. The monoisotopic (exact) mass is 1470 g/mol. The van der Waals surface area contributed by atoms with Crippen molar-refractivity contribution in [3.05, 3.63) is 0 Å². The number of carbonyl (C=O) groups is 4. The highest BCUT2D eigenvalue weighted by atomic mass is 31.2. The van der Waals surface area contributed by atoms with Crippen LogP contribution in [-0.2, 0) is 65.4 Å². The molecule has 100 heavy (non-hydrogen) atoms. The lowest BCUT2D eigenvalue weighted by Gasteiger charge is -2.21. The standard InChI is InChI=1S/C81H158O17P2/c1-8-10-11-12-13-14-15-16-21-25-28-34-41-48-55-62-78(83)91-68-76(97-80(85)64-57-50-42-35-29-26-23-20-18-17-19-22-24-27-32-38-45-52-59-72(3)4)70-95-99(87,88)93-66-75(82)67-94-100(89,90)96-71-77(69-92-79(84)63-56-49-44-37-39-46-53-60-73(5)6)98-81(86)65-58-51-43-36-31-30-33-40-47-54-61-74(7)9-2/h72-77,82H,8-71H2,1-7H3,(H,87,88)(H,89,90)/t74?,75-,76-,77-/m1/s1. The van der Waals surface area contributed by atoms with Crippen molar-refractivity contribution in [1.29, 1.82) is 0 Å². The van der Waals surface area contributed by atoms with Crippen LogP contribution in [0.3, 0.4) is 0 Å². The first-order valence-corrected chi connectivity index (χ1v) is 44.9. The molecule has 0 rings (SSSR count). The van der Waals surface area contributed by atoms with Crippen molar-refractivity contribution in [1.82, 2.24) is 0 Å². The second-order valence-electron chi connectivity index (χ2n) is 30.4. The molecule has 3 N–H and O–H groups in total. The van der Waals surface area contributed by atoms with E-state index in [-0.39, 0.29) is 25.7 Å². The Bertz CT molecular complexity index is 1940. The summed E-state index contributed by atoms with van der Waals surface area (Å²) in [7, 11) is -9.92. The second-order valence-corrected chi connectivity index (χ2v) is 33.3. The first-order valence-electron chi connectivity index (χ1n) is 41.9. The minimum Gasteiger partial charge on any atom is -0.462 e. The van der Waals surface area contributed by atoms with Crippen LogP contribution in [0.5, 0.6) is 0 Å². The van der Waals surface area contributed by atoms with Gasteiger partial charge in [-0.2, -0.15) is 0 Å². The average Bonchev–Trinajstić information content (AvgIpc) is 1.13. The van der Waals surface area contributed by atoms with Gasteiger partial charge in [0, 0.05) is 25.7 Å². The number of aliphatic hydroxyl groups is 1. The molecule has 0 heterocycles. The molecule has 0 saturated carbocycles. The van der Waals surface area contributed by atoms with E-state index in [0.717, 1.165) is 108 Å². The van der Waals surface area contributed by atoms with Crippen molar-refractivity contribution in [2.45, 2.75) is 439 Å². The highest BCUT2D eigenvalue weighted by Crippen LogP contribution is 2.45. The van der Waals surface area contributed by atoms with Gasteiger partial charge < -0.3 is 33.8 Å². The van der Waals surface area contributed by atoms with Crippen LogP contribution in [-0.4, -0.2) is 96.7 Å². The van der Waals surface area contributed by atoms with E-state index in [1.807, 2.05) is 0 Å². The molecule has 3 unspecified atom stereocenters. The second kappa shape index (κ2) is 71.3. The van der Waals surface area contributed by atoms with Gasteiger partial charge in [0.15, 0.2) is 12.2 Å². The van der Waals surface area contributed by atoms with Crippen molar-refractivity contribution < 1.29 is 80.2 Å². The number of rotatable bonds is 79. The molecule has 0 aliphatic heterocycles. The van der Waals surface area contributed by atoms with E-state index in [4.69, 9.17) is 37.0 Å². The third-order valence-electron chi connectivity index (χ3n) is 19.2. The molecule has 0 spiro atoms. The molecular formula is C81H158O17P2. The van der Waals surface area contributed by atoms with E-state index in [1.54, 1.807) is 0 Å². The Kier molecular flexibility index (Phi) is 69.9. The van der Waals surface area contributed by atoms with Crippen LogP contribution in [0.1, 0.15) is 421 Å². The van der Waals surface area contributed by atoms with E-state index < -0.39 is 97.5 Å². The summed E-state index contributed by atoms with van der Waals surface area (Å²) in [5.41, 5.74) is 0. The quantitative estimate of drug-likeness (QED) is 0.0222. The van der Waals surface area contributed by atoms with E-state index in [0.29, 0.717) is 31.6 Å². The number of phosphoric ester groups is 2. The third kappa shape index (κ3) is 73.0. The lowest BCUT2D eigenvalue weighted by molar-refractivity contribution is -0.161. The Morgan fingerprint density at radius 1 is 0.290 bits per heavy atom. The summed E-state index contributed by atoms with van der Waals surface area (Å²) in [4.78, 5) is 73.0. The van der Waals surface area contributed by atoms with Crippen LogP contribution >= 0.6 is 15.6 Å². The smallest absolute Gasteiger partial charge is 0.462 e. The molecule has 0 aromatic carbocycles. The van der Waals surface area contributed by atoms with E-state index >= 15 is 0 Å². The van der Waals surface area contributed by atoms with Gasteiger partial charge in [0.25, 0.3) is 0 Å². The molecule has 17 nitrogen and oxygen atoms in total. The average molecular weight is 1470 g/mol.